The van der Waals surface area contributed by atoms with Gasteiger partial charge in [-0.05, 0) is 48.6 Å². The van der Waals surface area contributed by atoms with E-state index in [0.29, 0.717) is 30.1 Å². The van der Waals surface area contributed by atoms with Gasteiger partial charge in [0.15, 0.2) is 5.76 Å². The number of aromatic nitrogens is 1. The van der Waals surface area contributed by atoms with Crippen LogP contribution in [0.3, 0.4) is 0 Å². The van der Waals surface area contributed by atoms with Crippen LogP contribution in [0.15, 0.2) is 51.2 Å². The lowest BCUT2D eigenvalue weighted by Gasteiger charge is -2.06. The second-order valence-electron chi connectivity index (χ2n) is 6.32. The van der Waals surface area contributed by atoms with Crippen LogP contribution in [-0.4, -0.2) is 26.0 Å². The molecule has 0 aliphatic rings. The zero-order valence-electron chi connectivity index (χ0n) is 16.0. The van der Waals surface area contributed by atoms with Crippen LogP contribution in [0.4, 0.5) is 5.69 Å². The van der Waals surface area contributed by atoms with E-state index in [-0.39, 0.29) is 10.8 Å². The van der Waals surface area contributed by atoms with Crippen LogP contribution in [0.25, 0.3) is 12.2 Å². The number of carbonyl (C=O) groups excluding carboxylic acids is 1. The summed E-state index contributed by atoms with van der Waals surface area (Å²) in [7, 11) is -3.56. The number of aryl methyl sites for hydroxylation is 1. The molecule has 0 bridgehead atoms. The largest absolute Gasteiger partial charge is 0.354 e. The molecule has 2 aromatic heterocycles. The number of benzene rings is 1. The molecule has 152 valence electrons. The summed E-state index contributed by atoms with van der Waals surface area (Å²) in [5.41, 5.74) is 1.88. The van der Waals surface area contributed by atoms with Crippen molar-refractivity contribution in [3.8, 4) is 0 Å². The van der Waals surface area contributed by atoms with Gasteiger partial charge in [0.2, 0.25) is 15.9 Å². The van der Waals surface area contributed by atoms with Gasteiger partial charge >= 0.3 is 0 Å². The van der Waals surface area contributed by atoms with Crippen molar-refractivity contribution < 1.29 is 17.7 Å². The Bertz CT molecular complexity index is 1100. The van der Waals surface area contributed by atoms with Crippen LogP contribution < -0.4 is 10.0 Å². The molecule has 1 amide bonds. The highest BCUT2D eigenvalue weighted by Crippen LogP contribution is 2.22. The molecule has 0 aliphatic heterocycles. The Morgan fingerprint density at radius 3 is 2.62 bits per heavy atom. The quantitative estimate of drug-likeness (QED) is 0.566. The number of nitrogens with zero attached hydrogens (tertiary/aromatic N) is 1. The van der Waals surface area contributed by atoms with Crippen molar-refractivity contribution >= 4 is 45.1 Å². The van der Waals surface area contributed by atoms with E-state index in [2.05, 4.69) is 15.2 Å². The van der Waals surface area contributed by atoms with E-state index in [4.69, 9.17) is 4.52 Å². The maximum Gasteiger partial charge on any atom is 0.240 e. The summed E-state index contributed by atoms with van der Waals surface area (Å²) in [6.45, 7) is 3.49. The van der Waals surface area contributed by atoms with Crippen molar-refractivity contribution in [1.29, 1.82) is 0 Å². The van der Waals surface area contributed by atoms with Gasteiger partial charge in [0.05, 0.1) is 4.90 Å². The lowest BCUT2D eigenvalue weighted by Crippen LogP contribution is -2.25. The fraction of sp³-hybridized carbons (Fsp3) is 0.200. The Hall–Kier alpha value is -2.75. The molecule has 0 unspecified atom stereocenters. The van der Waals surface area contributed by atoms with Crippen LogP contribution >= 0.6 is 11.3 Å². The van der Waals surface area contributed by atoms with Crippen molar-refractivity contribution in [2.24, 2.45) is 0 Å². The molecule has 0 saturated carbocycles. The zero-order valence-corrected chi connectivity index (χ0v) is 17.6. The van der Waals surface area contributed by atoms with Crippen molar-refractivity contribution in [1.82, 2.24) is 9.88 Å². The third-order valence-electron chi connectivity index (χ3n) is 4.05. The van der Waals surface area contributed by atoms with E-state index in [1.165, 1.54) is 6.92 Å². The Labute approximate surface area is 173 Å². The minimum absolute atomic E-state index is 0.204. The number of amides is 1. The number of hydrogen-bond acceptors (Lipinski definition) is 6. The third kappa shape index (κ3) is 5.63. The summed E-state index contributed by atoms with van der Waals surface area (Å²) < 4.78 is 32.7. The minimum atomic E-state index is -3.56. The van der Waals surface area contributed by atoms with E-state index in [1.807, 2.05) is 17.5 Å². The van der Waals surface area contributed by atoms with Crippen LogP contribution in [0.5, 0.6) is 0 Å². The lowest BCUT2D eigenvalue weighted by molar-refractivity contribution is -0.114. The molecule has 9 heteroatoms. The minimum Gasteiger partial charge on any atom is -0.354 e. The maximum absolute atomic E-state index is 12.4. The smallest absolute Gasteiger partial charge is 0.240 e. The molecule has 0 saturated heterocycles. The molecule has 29 heavy (non-hydrogen) atoms. The molecule has 0 atom stereocenters. The maximum atomic E-state index is 12.4. The molecule has 0 aliphatic carbocycles. The molecular weight excluding hydrogens is 410 g/mol. The Morgan fingerprint density at radius 2 is 1.97 bits per heavy atom. The number of thiophene rings is 1. The van der Waals surface area contributed by atoms with Gasteiger partial charge < -0.3 is 9.84 Å². The zero-order chi connectivity index (χ0) is 20.9. The van der Waals surface area contributed by atoms with Crippen LogP contribution in [0.1, 0.15) is 28.8 Å². The van der Waals surface area contributed by atoms with Gasteiger partial charge in [-0.1, -0.05) is 29.4 Å². The first-order valence-electron chi connectivity index (χ1n) is 8.89. The topological polar surface area (TPSA) is 101 Å². The van der Waals surface area contributed by atoms with Gasteiger partial charge in [0.1, 0.15) is 11.4 Å². The SMILES string of the molecule is CC(=O)Nc1c(C)noc1C=Cc1ccc(S(=O)(=O)NCCc2cccs2)cc1. The first-order chi connectivity index (χ1) is 13.8. The third-order valence-corrected chi connectivity index (χ3v) is 6.46. The van der Waals surface area contributed by atoms with E-state index in [0.717, 1.165) is 10.4 Å². The molecule has 1 aromatic carbocycles. The van der Waals surface area contributed by atoms with Crippen LogP contribution in [-0.2, 0) is 21.2 Å². The number of anilines is 1. The molecule has 3 aromatic rings. The van der Waals surface area contributed by atoms with Crippen LogP contribution in [0.2, 0.25) is 0 Å². The molecular formula is C20H21N3O4S2. The number of carbonyl (C=O) groups is 1. The molecule has 0 spiro atoms. The standard InChI is InChI=1S/C20H21N3O4S2/c1-14-20(22-15(2)24)19(27-23-14)10-7-16-5-8-18(9-6-16)29(25,26)21-12-11-17-4-3-13-28-17/h3-10,13,21H,11-12H2,1-2H3,(H,22,24). The van der Waals surface area contributed by atoms with E-state index in [9.17, 15) is 13.2 Å². The highest BCUT2D eigenvalue weighted by molar-refractivity contribution is 7.89. The Kier molecular flexibility index (Phi) is 6.63. The summed E-state index contributed by atoms with van der Waals surface area (Å²) in [6.07, 6.45) is 4.09. The fourth-order valence-corrected chi connectivity index (χ4v) is 4.35. The summed E-state index contributed by atoms with van der Waals surface area (Å²) >= 11 is 1.60. The van der Waals surface area contributed by atoms with Gasteiger partial charge in [-0.3, -0.25) is 4.79 Å². The monoisotopic (exact) mass is 431 g/mol. The Balaban J connectivity index is 1.65. The van der Waals surface area contributed by atoms with Crippen LogP contribution in [0, 0.1) is 6.92 Å². The second-order valence-corrected chi connectivity index (χ2v) is 9.12. The van der Waals surface area contributed by atoms with Crippen molar-refractivity contribution in [2.75, 3.05) is 11.9 Å². The van der Waals surface area contributed by atoms with Gasteiger partial charge in [-0.2, -0.15) is 0 Å². The molecule has 2 N–H and O–H groups in total. The lowest BCUT2D eigenvalue weighted by atomic mass is 10.2. The molecule has 0 radical (unpaired) electrons. The number of sulfonamides is 1. The van der Waals surface area contributed by atoms with E-state index in [1.54, 1.807) is 54.7 Å². The molecule has 2 heterocycles. The average Bonchev–Trinajstić information content (AvgIpc) is 3.31. The van der Waals surface area contributed by atoms with Gasteiger partial charge in [-0.25, -0.2) is 13.1 Å². The predicted octanol–water partition coefficient (Wildman–Crippen LogP) is 3.69. The summed E-state index contributed by atoms with van der Waals surface area (Å²) in [5, 5.41) is 8.50. The summed E-state index contributed by atoms with van der Waals surface area (Å²) in [4.78, 5) is 12.6. The summed E-state index contributed by atoms with van der Waals surface area (Å²) in [6, 6.07) is 10.4. The number of nitrogens with one attached hydrogen (secondary N) is 2. The second kappa shape index (κ2) is 9.17. The normalized spacial score (nSPS) is 11.8. The first-order valence-corrected chi connectivity index (χ1v) is 11.3. The predicted molar refractivity (Wildman–Crippen MR) is 114 cm³/mol. The van der Waals surface area contributed by atoms with E-state index >= 15 is 0 Å². The molecule has 0 fully saturated rings. The molecule has 7 nitrogen and oxygen atoms in total. The van der Waals surface area contributed by atoms with Crippen molar-refractivity contribution in [2.45, 2.75) is 25.2 Å². The van der Waals surface area contributed by atoms with Gasteiger partial charge in [-0.15, -0.1) is 11.3 Å². The first kappa shape index (κ1) is 21.0. The fourth-order valence-electron chi connectivity index (χ4n) is 2.61. The van der Waals surface area contributed by atoms with E-state index < -0.39 is 10.0 Å². The van der Waals surface area contributed by atoms with Crippen molar-refractivity contribution in [3.05, 3.63) is 63.7 Å². The average molecular weight is 432 g/mol. The van der Waals surface area contributed by atoms with Gasteiger partial charge in [0, 0.05) is 18.3 Å². The molecule has 3 rings (SSSR count). The Morgan fingerprint density at radius 1 is 1.21 bits per heavy atom. The number of rotatable bonds is 8. The highest BCUT2D eigenvalue weighted by atomic mass is 32.2. The number of hydrogen-bond donors (Lipinski definition) is 2. The summed E-state index contributed by atoms with van der Waals surface area (Å²) in [5.74, 6) is 0.205. The highest BCUT2D eigenvalue weighted by Gasteiger charge is 2.14. The van der Waals surface area contributed by atoms with Gasteiger partial charge in [0.25, 0.3) is 0 Å². The van der Waals surface area contributed by atoms with Crippen molar-refractivity contribution in [3.63, 3.8) is 0 Å².